The highest BCUT2D eigenvalue weighted by Gasteiger charge is 2.31. The molecule has 1 aliphatic rings. The summed E-state index contributed by atoms with van der Waals surface area (Å²) < 4.78 is 28.8. The second-order valence-electron chi connectivity index (χ2n) is 5.12. The number of primary sulfonamides is 1. The van der Waals surface area contributed by atoms with Crippen LogP contribution in [-0.4, -0.2) is 33.6 Å². The zero-order valence-electron chi connectivity index (χ0n) is 11.7. The summed E-state index contributed by atoms with van der Waals surface area (Å²) in [6, 6.07) is 3.04. The molecule has 0 aromatic heterocycles. The molecule has 1 fully saturated rings. The number of methoxy groups -OCH3 is 1. The number of nitrogens with two attached hydrogens (primary N) is 1. The molecule has 8 heteroatoms. The third-order valence-corrected chi connectivity index (χ3v) is 5.13. The number of hydrogen-bond donors (Lipinski definition) is 2. The molecule has 6 nitrogen and oxygen atoms in total. The average molecular weight is 377 g/mol. The van der Waals surface area contributed by atoms with Crippen LogP contribution in [0.4, 0.5) is 0 Å². The summed E-state index contributed by atoms with van der Waals surface area (Å²) in [4.78, 5) is 12.2. The van der Waals surface area contributed by atoms with Gasteiger partial charge in [0.15, 0.2) is 0 Å². The first-order valence-corrected chi connectivity index (χ1v) is 8.73. The molecule has 2 rings (SSSR count). The first-order valence-electron chi connectivity index (χ1n) is 6.39. The largest absolute Gasteiger partial charge is 0.381 e. The third kappa shape index (κ3) is 3.63. The van der Waals surface area contributed by atoms with E-state index >= 15 is 0 Å². The van der Waals surface area contributed by atoms with Crippen molar-refractivity contribution in [2.24, 2.45) is 5.14 Å². The van der Waals surface area contributed by atoms with E-state index in [2.05, 4.69) is 21.2 Å². The number of amides is 1. The average Bonchev–Trinajstić information content (AvgIpc) is 2.33. The Hall–Kier alpha value is -0.960. The van der Waals surface area contributed by atoms with Gasteiger partial charge in [0.2, 0.25) is 10.0 Å². The standard InChI is InChI=1S/C13H17BrN2O4S/c1-7-11(3-8(14)4-12(7)21(15,18)19)13(17)16-9-5-10(6-9)20-2/h3-4,9-10H,5-6H2,1-2H3,(H,16,17)(H2,15,18,19). The molecule has 1 aliphatic carbocycles. The number of hydrogen-bond acceptors (Lipinski definition) is 4. The predicted octanol–water partition coefficient (Wildman–Crippen LogP) is 1.31. The minimum Gasteiger partial charge on any atom is -0.381 e. The Kier molecular flexibility index (Phi) is 4.72. The zero-order valence-corrected chi connectivity index (χ0v) is 14.1. The van der Waals surface area contributed by atoms with Crippen LogP contribution in [0.5, 0.6) is 0 Å². The summed E-state index contributed by atoms with van der Waals surface area (Å²) in [5.74, 6) is -0.307. The Morgan fingerprint density at radius 3 is 2.57 bits per heavy atom. The lowest BCUT2D eigenvalue weighted by molar-refractivity contribution is 0.0176. The summed E-state index contributed by atoms with van der Waals surface area (Å²) >= 11 is 3.21. The number of sulfonamides is 1. The first kappa shape index (κ1) is 16.4. The smallest absolute Gasteiger partial charge is 0.251 e. The second-order valence-corrected chi connectivity index (χ2v) is 7.57. The highest BCUT2D eigenvalue weighted by atomic mass is 79.9. The highest BCUT2D eigenvalue weighted by molar-refractivity contribution is 9.10. The molecule has 1 aromatic rings. The Bertz CT molecular complexity index is 669. The van der Waals surface area contributed by atoms with Crippen molar-refractivity contribution in [2.75, 3.05) is 7.11 Å². The second kappa shape index (κ2) is 6.04. The SMILES string of the molecule is COC1CC(NC(=O)c2cc(Br)cc(S(N)(=O)=O)c2C)C1. The first-order chi connectivity index (χ1) is 9.72. The molecule has 0 aliphatic heterocycles. The predicted molar refractivity (Wildman–Crippen MR) is 81.5 cm³/mol. The van der Waals surface area contributed by atoms with Gasteiger partial charge < -0.3 is 10.1 Å². The Morgan fingerprint density at radius 2 is 2.05 bits per heavy atom. The molecule has 1 aromatic carbocycles. The van der Waals surface area contributed by atoms with Gasteiger partial charge in [-0.1, -0.05) is 15.9 Å². The van der Waals surface area contributed by atoms with E-state index in [4.69, 9.17) is 9.88 Å². The van der Waals surface area contributed by atoms with Gasteiger partial charge in [0, 0.05) is 23.2 Å². The van der Waals surface area contributed by atoms with Crippen LogP contribution in [0.3, 0.4) is 0 Å². The molecule has 1 saturated carbocycles. The van der Waals surface area contributed by atoms with Gasteiger partial charge in [0.05, 0.1) is 11.0 Å². The lowest BCUT2D eigenvalue weighted by Gasteiger charge is -2.34. The molecule has 1 amide bonds. The molecule has 0 radical (unpaired) electrons. The topological polar surface area (TPSA) is 98.5 Å². The van der Waals surface area contributed by atoms with E-state index in [1.165, 1.54) is 6.07 Å². The fourth-order valence-corrected chi connectivity index (χ4v) is 3.76. The van der Waals surface area contributed by atoms with E-state index in [9.17, 15) is 13.2 Å². The van der Waals surface area contributed by atoms with Gasteiger partial charge in [0.25, 0.3) is 5.91 Å². The van der Waals surface area contributed by atoms with Crippen molar-refractivity contribution in [2.45, 2.75) is 36.8 Å². The molecule has 0 atom stereocenters. The molecule has 21 heavy (non-hydrogen) atoms. The number of ether oxygens (including phenoxy) is 1. The minimum atomic E-state index is -3.87. The lowest BCUT2D eigenvalue weighted by Crippen LogP contribution is -2.47. The molecule has 0 spiro atoms. The van der Waals surface area contributed by atoms with E-state index in [0.29, 0.717) is 15.6 Å². The van der Waals surface area contributed by atoms with Crippen molar-refractivity contribution in [3.05, 3.63) is 27.7 Å². The maximum atomic E-state index is 12.3. The van der Waals surface area contributed by atoms with Crippen LogP contribution in [-0.2, 0) is 14.8 Å². The monoisotopic (exact) mass is 376 g/mol. The van der Waals surface area contributed by atoms with Crippen LogP contribution in [0.25, 0.3) is 0 Å². The van der Waals surface area contributed by atoms with Gasteiger partial charge in [0.1, 0.15) is 0 Å². The maximum Gasteiger partial charge on any atom is 0.251 e. The zero-order chi connectivity index (χ0) is 15.8. The summed E-state index contributed by atoms with van der Waals surface area (Å²) in [7, 11) is -2.24. The molecule has 0 bridgehead atoms. The van der Waals surface area contributed by atoms with Crippen LogP contribution in [0, 0.1) is 6.92 Å². The summed E-state index contributed by atoms with van der Waals surface area (Å²) in [5, 5.41) is 8.04. The fourth-order valence-electron chi connectivity index (χ4n) is 2.32. The molecule has 0 heterocycles. The van der Waals surface area contributed by atoms with E-state index in [1.807, 2.05) is 0 Å². The van der Waals surface area contributed by atoms with Crippen LogP contribution in [0.2, 0.25) is 0 Å². The molecular weight excluding hydrogens is 360 g/mol. The van der Waals surface area contributed by atoms with Gasteiger partial charge >= 0.3 is 0 Å². The minimum absolute atomic E-state index is 0.0506. The molecule has 116 valence electrons. The van der Waals surface area contributed by atoms with E-state index < -0.39 is 10.0 Å². The number of halogens is 1. The van der Waals surface area contributed by atoms with Crippen molar-refractivity contribution in [3.8, 4) is 0 Å². The molecule has 3 N–H and O–H groups in total. The van der Waals surface area contributed by atoms with E-state index in [-0.39, 0.29) is 22.9 Å². The van der Waals surface area contributed by atoms with E-state index in [0.717, 1.165) is 12.8 Å². The Morgan fingerprint density at radius 1 is 1.43 bits per heavy atom. The summed E-state index contributed by atoms with van der Waals surface area (Å²) in [5.41, 5.74) is 0.648. The number of benzene rings is 1. The van der Waals surface area contributed by atoms with Gasteiger partial charge in [-0.15, -0.1) is 0 Å². The summed E-state index contributed by atoms with van der Waals surface area (Å²) in [6.07, 6.45) is 1.70. The van der Waals surface area contributed by atoms with Gasteiger partial charge in [-0.2, -0.15) is 0 Å². The van der Waals surface area contributed by atoms with Crippen LogP contribution in [0.15, 0.2) is 21.5 Å². The number of carbonyl (C=O) groups is 1. The van der Waals surface area contributed by atoms with E-state index in [1.54, 1.807) is 20.1 Å². The molecular formula is C13H17BrN2O4S. The lowest BCUT2D eigenvalue weighted by atomic mass is 9.89. The number of carbonyl (C=O) groups excluding carboxylic acids is 1. The van der Waals surface area contributed by atoms with Crippen molar-refractivity contribution in [3.63, 3.8) is 0 Å². The number of nitrogens with one attached hydrogen (secondary N) is 1. The van der Waals surface area contributed by atoms with Crippen LogP contribution in [0.1, 0.15) is 28.8 Å². The van der Waals surface area contributed by atoms with Crippen molar-refractivity contribution in [1.82, 2.24) is 5.32 Å². The quantitative estimate of drug-likeness (QED) is 0.827. The van der Waals surface area contributed by atoms with Crippen molar-refractivity contribution >= 4 is 31.9 Å². The molecule has 0 saturated heterocycles. The molecule has 0 unspecified atom stereocenters. The summed E-state index contributed by atoms with van der Waals surface area (Å²) in [6.45, 7) is 1.57. The van der Waals surface area contributed by atoms with Crippen molar-refractivity contribution in [1.29, 1.82) is 0 Å². The number of rotatable bonds is 4. The Balaban J connectivity index is 2.24. The van der Waals surface area contributed by atoms with Crippen molar-refractivity contribution < 1.29 is 17.9 Å². The normalized spacial score (nSPS) is 21.7. The third-order valence-electron chi connectivity index (χ3n) is 3.64. The highest BCUT2D eigenvalue weighted by Crippen LogP contribution is 2.26. The van der Waals surface area contributed by atoms with Gasteiger partial charge in [-0.25, -0.2) is 13.6 Å². The maximum absolute atomic E-state index is 12.3. The van der Waals surface area contributed by atoms with Crippen LogP contribution < -0.4 is 10.5 Å². The fraction of sp³-hybridized carbons (Fsp3) is 0.462. The van der Waals surface area contributed by atoms with Gasteiger partial charge in [-0.3, -0.25) is 4.79 Å². The Labute approximate surface area is 132 Å². The van der Waals surface area contributed by atoms with Gasteiger partial charge in [-0.05, 0) is 37.5 Å². The van der Waals surface area contributed by atoms with Crippen LogP contribution >= 0.6 is 15.9 Å².